The third kappa shape index (κ3) is 2.37. The van der Waals surface area contributed by atoms with E-state index in [1.165, 1.54) is 0 Å². The van der Waals surface area contributed by atoms with E-state index in [9.17, 15) is 5.11 Å². The fraction of sp³-hybridized carbons (Fsp3) is 0.154. The predicted octanol–water partition coefficient (Wildman–Crippen LogP) is 1.92. The van der Waals surface area contributed by atoms with E-state index in [0.717, 1.165) is 5.56 Å². The minimum Gasteiger partial charge on any atom is -0.507 e. The molecule has 0 atom stereocenters. The molecule has 88 valence electrons. The van der Waals surface area contributed by atoms with E-state index in [4.69, 9.17) is 10.5 Å². The second kappa shape index (κ2) is 4.84. The number of nitrogens with zero attached hydrogens (tertiary/aromatic N) is 1. The van der Waals surface area contributed by atoms with Crippen LogP contribution in [0.25, 0.3) is 11.3 Å². The van der Waals surface area contributed by atoms with Gasteiger partial charge >= 0.3 is 0 Å². The summed E-state index contributed by atoms with van der Waals surface area (Å²) in [7, 11) is 1.55. The highest BCUT2D eigenvalue weighted by molar-refractivity contribution is 5.67. The molecule has 0 saturated heterocycles. The average Bonchev–Trinajstić information content (AvgIpc) is 2.38. The average molecular weight is 230 g/mol. The number of phenolic OH excluding ortho intramolecular Hbond substituents is 1. The summed E-state index contributed by atoms with van der Waals surface area (Å²) in [6, 6.07) is 10.7. The Balaban J connectivity index is 2.55. The summed E-state index contributed by atoms with van der Waals surface area (Å²) in [4.78, 5) is 4.29. The molecule has 0 fully saturated rings. The Bertz CT molecular complexity index is 504. The van der Waals surface area contributed by atoms with Crippen LogP contribution >= 0.6 is 0 Å². The molecule has 3 N–H and O–H groups in total. The standard InChI is InChI=1S/C13H14N2O2/c1-17-13-7-9(8-14)6-11(15-13)10-4-2-3-5-12(10)16/h2-7,16H,8,14H2,1H3. The lowest BCUT2D eigenvalue weighted by molar-refractivity contribution is 0.397. The van der Waals surface area contributed by atoms with Gasteiger partial charge in [0.15, 0.2) is 0 Å². The van der Waals surface area contributed by atoms with Gasteiger partial charge in [-0.1, -0.05) is 12.1 Å². The van der Waals surface area contributed by atoms with E-state index in [0.29, 0.717) is 23.7 Å². The van der Waals surface area contributed by atoms with Gasteiger partial charge in [-0.05, 0) is 23.8 Å². The molecule has 0 amide bonds. The third-order valence-corrected chi connectivity index (χ3v) is 2.49. The first-order valence-corrected chi connectivity index (χ1v) is 5.28. The first kappa shape index (κ1) is 11.4. The highest BCUT2D eigenvalue weighted by Crippen LogP contribution is 2.29. The molecule has 4 nitrogen and oxygen atoms in total. The monoisotopic (exact) mass is 230 g/mol. The van der Waals surface area contributed by atoms with Crippen molar-refractivity contribution >= 4 is 0 Å². The largest absolute Gasteiger partial charge is 0.507 e. The number of aromatic nitrogens is 1. The van der Waals surface area contributed by atoms with Gasteiger partial charge in [0.1, 0.15) is 5.75 Å². The highest BCUT2D eigenvalue weighted by Gasteiger charge is 2.08. The number of nitrogens with two attached hydrogens (primary N) is 1. The van der Waals surface area contributed by atoms with E-state index in [1.54, 1.807) is 31.4 Å². The number of rotatable bonds is 3. The van der Waals surface area contributed by atoms with E-state index in [1.807, 2.05) is 12.1 Å². The van der Waals surface area contributed by atoms with Crippen LogP contribution in [0.2, 0.25) is 0 Å². The number of phenols is 1. The zero-order valence-corrected chi connectivity index (χ0v) is 9.55. The van der Waals surface area contributed by atoms with E-state index in [2.05, 4.69) is 4.98 Å². The lowest BCUT2D eigenvalue weighted by atomic mass is 10.1. The molecule has 1 aromatic carbocycles. The van der Waals surface area contributed by atoms with Crippen molar-refractivity contribution in [3.8, 4) is 22.9 Å². The fourth-order valence-electron chi connectivity index (χ4n) is 1.61. The van der Waals surface area contributed by atoms with Gasteiger partial charge in [-0.2, -0.15) is 0 Å². The summed E-state index contributed by atoms with van der Waals surface area (Å²) in [5.74, 6) is 0.683. The summed E-state index contributed by atoms with van der Waals surface area (Å²) in [6.45, 7) is 0.402. The molecule has 0 unspecified atom stereocenters. The molecule has 0 aliphatic heterocycles. The molecule has 1 aromatic heterocycles. The normalized spacial score (nSPS) is 10.2. The van der Waals surface area contributed by atoms with Gasteiger partial charge in [-0.15, -0.1) is 0 Å². The van der Waals surface area contributed by atoms with Crippen molar-refractivity contribution < 1.29 is 9.84 Å². The number of hydrogen-bond donors (Lipinski definition) is 2. The van der Waals surface area contributed by atoms with Crippen LogP contribution in [0.4, 0.5) is 0 Å². The maximum absolute atomic E-state index is 9.78. The van der Waals surface area contributed by atoms with Crippen LogP contribution in [0.5, 0.6) is 11.6 Å². The Hall–Kier alpha value is -2.07. The maximum atomic E-state index is 9.78. The number of para-hydroxylation sites is 1. The van der Waals surface area contributed by atoms with Gasteiger partial charge in [0.2, 0.25) is 5.88 Å². The predicted molar refractivity (Wildman–Crippen MR) is 65.8 cm³/mol. The van der Waals surface area contributed by atoms with Gasteiger partial charge in [0.25, 0.3) is 0 Å². The number of methoxy groups -OCH3 is 1. The number of ether oxygens (including phenoxy) is 1. The number of pyridine rings is 1. The third-order valence-electron chi connectivity index (χ3n) is 2.49. The first-order valence-electron chi connectivity index (χ1n) is 5.28. The summed E-state index contributed by atoms with van der Waals surface area (Å²) in [5, 5.41) is 9.78. The molecule has 0 aliphatic carbocycles. The van der Waals surface area contributed by atoms with Crippen LogP contribution in [0.15, 0.2) is 36.4 Å². The molecule has 2 rings (SSSR count). The van der Waals surface area contributed by atoms with Gasteiger partial charge in [0.05, 0.1) is 12.8 Å². The van der Waals surface area contributed by atoms with Crippen LogP contribution in [0.1, 0.15) is 5.56 Å². The first-order chi connectivity index (χ1) is 8.24. The quantitative estimate of drug-likeness (QED) is 0.845. The molecule has 0 bridgehead atoms. The second-order valence-electron chi connectivity index (χ2n) is 3.62. The highest BCUT2D eigenvalue weighted by atomic mass is 16.5. The smallest absolute Gasteiger partial charge is 0.213 e. The molecule has 1 heterocycles. The van der Waals surface area contributed by atoms with Crippen molar-refractivity contribution in [3.05, 3.63) is 42.0 Å². The topological polar surface area (TPSA) is 68.4 Å². The lowest BCUT2D eigenvalue weighted by Crippen LogP contribution is -1.99. The Morgan fingerprint density at radius 3 is 2.71 bits per heavy atom. The molecular weight excluding hydrogens is 216 g/mol. The fourth-order valence-corrected chi connectivity index (χ4v) is 1.61. The van der Waals surface area contributed by atoms with Crippen LogP contribution in [-0.4, -0.2) is 17.2 Å². The van der Waals surface area contributed by atoms with Gasteiger partial charge < -0.3 is 15.6 Å². The van der Waals surface area contributed by atoms with Crippen molar-refractivity contribution in [1.29, 1.82) is 0 Å². The van der Waals surface area contributed by atoms with E-state index < -0.39 is 0 Å². The summed E-state index contributed by atoms with van der Waals surface area (Å²) < 4.78 is 5.11. The second-order valence-corrected chi connectivity index (χ2v) is 3.62. The molecule has 0 radical (unpaired) electrons. The van der Waals surface area contributed by atoms with Crippen molar-refractivity contribution in [3.63, 3.8) is 0 Å². The van der Waals surface area contributed by atoms with Gasteiger partial charge in [0, 0.05) is 18.2 Å². The van der Waals surface area contributed by atoms with Crippen LogP contribution in [0.3, 0.4) is 0 Å². The van der Waals surface area contributed by atoms with Crippen molar-refractivity contribution in [2.45, 2.75) is 6.54 Å². The molecule has 2 aromatic rings. The Morgan fingerprint density at radius 1 is 1.29 bits per heavy atom. The molecular formula is C13H14N2O2. The molecule has 4 heteroatoms. The molecule has 0 saturated carbocycles. The summed E-state index contributed by atoms with van der Waals surface area (Å²) in [6.07, 6.45) is 0. The van der Waals surface area contributed by atoms with Crippen molar-refractivity contribution in [2.24, 2.45) is 5.73 Å². The molecule has 0 spiro atoms. The number of hydrogen-bond acceptors (Lipinski definition) is 4. The minimum atomic E-state index is 0.191. The number of benzene rings is 1. The van der Waals surface area contributed by atoms with E-state index in [-0.39, 0.29) is 5.75 Å². The summed E-state index contributed by atoms with van der Waals surface area (Å²) >= 11 is 0. The van der Waals surface area contributed by atoms with Crippen LogP contribution in [-0.2, 0) is 6.54 Å². The Kier molecular flexibility index (Phi) is 3.25. The van der Waals surface area contributed by atoms with E-state index >= 15 is 0 Å². The maximum Gasteiger partial charge on any atom is 0.213 e. The van der Waals surface area contributed by atoms with Crippen molar-refractivity contribution in [2.75, 3.05) is 7.11 Å². The lowest BCUT2D eigenvalue weighted by Gasteiger charge is -2.08. The van der Waals surface area contributed by atoms with Crippen molar-refractivity contribution in [1.82, 2.24) is 4.98 Å². The minimum absolute atomic E-state index is 0.191. The SMILES string of the molecule is COc1cc(CN)cc(-c2ccccc2O)n1. The van der Waals surface area contributed by atoms with Gasteiger partial charge in [-0.25, -0.2) is 4.98 Å². The van der Waals surface area contributed by atoms with Crippen LogP contribution in [0, 0.1) is 0 Å². The number of aromatic hydroxyl groups is 1. The zero-order valence-electron chi connectivity index (χ0n) is 9.55. The van der Waals surface area contributed by atoms with Gasteiger partial charge in [-0.3, -0.25) is 0 Å². The zero-order chi connectivity index (χ0) is 12.3. The summed E-state index contributed by atoms with van der Waals surface area (Å²) in [5.41, 5.74) is 7.85. The Morgan fingerprint density at radius 2 is 2.06 bits per heavy atom. The van der Waals surface area contributed by atoms with Crippen LogP contribution < -0.4 is 10.5 Å². The molecule has 0 aliphatic rings. The molecule has 17 heavy (non-hydrogen) atoms. The Labute approximate surface area is 99.7 Å².